The van der Waals surface area contributed by atoms with Crippen molar-refractivity contribution in [2.24, 2.45) is 0 Å². The van der Waals surface area contributed by atoms with Crippen LogP contribution in [0.2, 0.25) is 0 Å². The minimum Gasteiger partial charge on any atom is -0.445 e. The van der Waals surface area contributed by atoms with E-state index in [1.165, 1.54) is 17.5 Å². The molecule has 0 saturated carbocycles. The minimum atomic E-state index is -1.19. The number of cyclic esters (lactones) is 1. The van der Waals surface area contributed by atoms with E-state index < -0.39 is 11.6 Å². The first-order chi connectivity index (χ1) is 12.1. The Labute approximate surface area is 147 Å². The number of ether oxygens (including phenoxy) is 1. The third-order valence-corrected chi connectivity index (χ3v) is 5.21. The molecule has 0 saturated heterocycles. The summed E-state index contributed by atoms with van der Waals surface area (Å²) in [6, 6.07) is 13.3. The van der Waals surface area contributed by atoms with E-state index in [0.29, 0.717) is 12.0 Å². The van der Waals surface area contributed by atoms with E-state index >= 15 is 0 Å². The SMILES string of the molecule is C[C@]1(C(=O)Nc2cccc3c2CCCC3)Cc2ccccc2C(=O)O1. The highest BCUT2D eigenvalue weighted by Gasteiger charge is 2.42. The van der Waals surface area contributed by atoms with E-state index in [1.807, 2.05) is 24.3 Å². The quantitative estimate of drug-likeness (QED) is 0.852. The molecule has 0 radical (unpaired) electrons. The van der Waals surface area contributed by atoms with E-state index in [4.69, 9.17) is 4.74 Å². The van der Waals surface area contributed by atoms with Gasteiger partial charge in [-0.2, -0.15) is 0 Å². The van der Waals surface area contributed by atoms with Gasteiger partial charge in [0.05, 0.1) is 5.56 Å². The molecule has 2 aromatic rings. The van der Waals surface area contributed by atoms with Crippen molar-refractivity contribution >= 4 is 17.6 Å². The third-order valence-electron chi connectivity index (χ3n) is 5.21. The standard InChI is InChI=1S/C21H21NO3/c1-21(13-15-8-3-5-11-17(15)19(23)25-21)20(24)22-18-12-6-9-14-7-2-4-10-16(14)18/h3,5-6,8-9,11-12H,2,4,7,10,13H2,1H3,(H,22,24)/t21-/m1/s1. The summed E-state index contributed by atoms with van der Waals surface area (Å²) < 4.78 is 5.53. The molecule has 1 atom stereocenters. The number of amides is 1. The average Bonchev–Trinajstić information content (AvgIpc) is 2.62. The molecule has 0 fully saturated rings. The largest absolute Gasteiger partial charge is 0.445 e. The Morgan fingerprint density at radius 2 is 1.80 bits per heavy atom. The first-order valence-corrected chi connectivity index (χ1v) is 8.80. The third kappa shape index (κ3) is 2.82. The molecule has 0 spiro atoms. The zero-order valence-corrected chi connectivity index (χ0v) is 14.3. The zero-order valence-electron chi connectivity index (χ0n) is 14.3. The summed E-state index contributed by atoms with van der Waals surface area (Å²) in [5, 5.41) is 3.02. The molecule has 1 aliphatic carbocycles. The molecular weight excluding hydrogens is 314 g/mol. The number of hydrogen-bond donors (Lipinski definition) is 1. The van der Waals surface area contributed by atoms with Crippen molar-refractivity contribution in [2.45, 2.75) is 44.6 Å². The van der Waals surface area contributed by atoms with Crippen LogP contribution in [0.1, 0.15) is 46.8 Å². The maximum Gasteiger partial charge on any atom is 0.339 e. The normalized spacial score (nSPS) is 21.7. The second kappa shape index (κ2) is 6.03. The Bertz CT molecular complexity index is 858. The van der Waals surface area contributed by atoms with Gasteiger partial charge in [0.15, 0.2) is 5.60 Å². The molecule has 0 bridgehead atoms. The summed E-state index contributed by atoms with van der Waals surface area (Å²) in [6.45, 7) is 1.69. The minimum absolute atomic E-state index is 0.269. The fraction of sp³-hybridized carbons (Fsp3) is 0.333. The van der Waals surface area contributed by atoms with Gasteiger partial charge in [-0.15, -0.1) is 0 Å². The average molecular weight is 335 g/mol. The van der Waals surface area contributed by atoms with Gasteiger partial charge in [-0.05, 0) is 61.4 Å². The first-order valence-electron chi connectivity index (χ1n) is 8.80. The Kier molecular flexibility index (Phi) is 3.83. The van der Waals surface area contributed by atoms with Crippen LogP contribution in [0.3, 0.4) is 0 Å². The zero-order chi connectivity index (χ0) is 17.4. The maximum absolute atomic E-state index is 12.9. The summed E-state index contributed by atoms with van der Waals surface area (Å²) in [6.07, 6.45) is 4.75. The molecule has 4 nitrogen and oxygen atoms in total. The predicted octanol–water partition coefficient (Wildman–Crippen LogP) is 3.68. The molecular formula is C21H21NO3. The molecule has 2 aliphatic rings. The first kappa shape index (κ1) is 15.9. The number of anilines is 1. The van der Waals surface area contributed by atoms with Crippen molar-refractivity contribution in [3.8, 4) is 0 Å². The molecule has 25 heavy (non-hydrogen) atoms. The van der Waals surface area contributed by atoms with E-state index in [2.05, 4.69) is 11.4 Å². The number of carbonyl (C=O) groups is 2. The number of esters is 1. The van der Waals surface area contributed by atoms with Crippen LogP contribution in [0.4, 0.5) is 5.69 Å². The number of benzene rings is 2. The van der Waals surface area contributed by atoms with Crippen LogP contribution >= 0.6 is 0 Å². The molecule has 4 rings (SSSR count). The maximum atomic E-state index is 12.9. The Balaban J connectivity index is 1.61. The second-order valence-electron chi connectivity index (χ2n) is 7.06. The lowest BCUT2D eigenvalue weighted by Crippen LogP contribution is -2.49. The number of hydrogen-bond acceptors (Lipinski definition) is 3. The Morgan fingerprint density at radius 1 is 1.04 bits per heavy atom. The summed E-state index contributed by atoms with van der Waals surface area (Å²) >= 11 is 0. The summed E-state index contributed by atoms with van der Waals surface area (Å²) in [5.74, 6) is -0.705. The topological polar surface area (TPSA) is 55.4 Å². The van der Waals surface area contributed by atoms with Crippen LogP contribution in [-0.2, 0) is 28.8 Å². The van der Waals surface area contributed by atoms with Gasteiger partial charge in [-0.1, -0.05) is 30.3 Å². The Morgan fingerprint density at radius 3 is 2.68 bits per heavy atom. The number of rotatable bonds is 2. The van der Waals surface area contributed by atoms with Gasteiger partial charge in [0.25, 0.3) is 5.91 Å². The van der Waals surface area contributed by atoms with Crippen LogP contribution in [0.5, 0.6) is 0 Å². The van der Waals surface area contributed by atoms with E-state index in [9.17, 15) is 9.59 Å². The van der Waals surface area contributed by atoms with Crippen molar-refractivity contribution in [3.63, 3.8) is 0 Å². The lowest BCUT2D eigenvalue weighted by atomic mass is 9.88. The summed E-state index contributed by atoms with van der Waals surface area (Å²) in [4.78, 5) is 25.2. The lowest BCUT2D eigenvalue weighted by molar-refractivity contribution is -0.134. The summed E-state index contributed by atoms with van der Waals surface area (Å²) in [5.41, 5.74) is 3.58. The molecule has 2 aromatic carbocycles. The molecule has 0 aromatic heterocycles. The van der Waals surface area contributed by atoms with Gasteiger partial charge in [-0.3, -0.25) is 4.79 Å². The second-order valence-corrected chi connectivity index (χ2v) is 7.06. The van der Waals surface area contributed by atoms with E-state index in [1.54, 1.807) is 19.1 Å². The van der Waals surface area contributed by atoms with Crippen molar-refractivity contribution in [2.75, 3.05) is 5.32 Å². The van der Waals surface area contributed by atoms with Crippen molar-refractivity contribution in [3.05, 3.63) is 64.7 Å². The Hall–Kier alpha value is -2.62. The van der Waals surface area contributed by atoms with Crippen molar-refractivity contribution in [1.82, 2.24) is 0 Å². The fourth-order valence-electron chi connectivity index (χ4n) is 3.81. The van der Waals surface area contributed by atoms with E-state index in [-0.39, 0.29) is 5.91 Å². The van der Waals surface area contributed by atoms with Gasteiger partial charge in [0.1, 0.15) is 0 Å². The smallest absolute Gasteiger partial charge is 0.339 e. The van der Waals surface area contributed by atoms with Crippen molar-refractivity contribution in [1.29, 1.82) is 0 Å². The highest BCUT2D eigenvalue weighted by Crippen LogP contribution is 2.32. The molecule has 1 heterocycles. The van der Waals surface area contributed by atoms with Gasteiger partial charge in [0.2, 0.25) is 0 Å². The number of carbonyl (C=O) groups excluding carboxylic acids is 2. The van der Waals surface area contributed by atoms with Crippen molar-refractivity contribution < 1.29 is 14.3 Å². The van der Waals surface area contributed by atoms with Gasteiger partial charge >= 0.3 is 5.97 Å². The van der Waals surface area contributed by atoms with Gasteiger partial charge in [-0.25, -0.2) is 4.79 Å². The van der Waals surface area contributed by atoms with Gasteiger partial charge in [0, 0.05) is 12.1 Å². The highest BCUT2D eigenvalue weighted by atomic mass is 16.6. The van der Waals surface area contributed by atoms with Crippen LogP contribution in [0, 0.1) is 0 Å². The lowest BCUT2D eigenvalue weighted by Gasteiger charge is -2.33. The fourth-order valence-corrected chi connectivity index (χ4v) is 3.81. The molecule has 128 valence electrons. The number of aryl methyl sites for hydroxylation is 1. The summed E-state index contributed by atoms with van der Waals surface area (Å²) in [7, 11) is 0. The van der Waals surface area contributed by atoms with Crippen LogP contribution in [0.25, 0.3) is 0 Å². The molecule has 1 aliphatic heterocycles. The molecule has 0 unspecified atom stereocenters. The molecule has 1 amide bonds. The van der Waals surface area contributed by atoms with Crippen LogP contribution < -0.4 is 5.32 Å². The van der Waals surface area contributed by atoms with E-state index in [0.717, 1.165) is 30.5 Å². The molecule has 4 heteroatoms. The van der Waals surface area contributed by atoms with Crippen LogP contribution in [-0.4, -0.2) is 17.5 Å². The van der Waals surface area contributed by atoms with Gasteiger partial charge < -0.3 is 10.1 Å². The molecule has 1 N–H and O–H groups in total. The highest BCUT2D eigenvalue weighted by molar-refractivity contribution is 6.02. The monoisotopic (exact) mass is 335 g/mol. The van der Waals surface area contributed by atoms with Crippen LogP contribution in [0.15, 0.2) is 42.5 Å². The predicted molar refractivity (Wildman–Crippen MR) is 95.7 cm³/mol. The number of fused-ring (bicyclic) bond motifs is 2. The number of nitrogens with one attached hydrogen (secondary N) is 1.